The number of aliphatic carboxylic acids is 2. The Morgan fingerprint density at radius 3 is 0.714 bits per heavy atom. The lowest BCUT2D eigenvalue weighted by Crippen LogP contribution is -3.00. The Balaban J connectivity index is -0.0000000410. The van der Waals surface area contributed by atoms with Crippen molar-refractivity contribution in [2.24, 2.45) is 50.2 Å². The van der Waals surface area contributed by atoms with Gasteiger partial charge in [0.25, 0.3) is 0 Å². The topological polar surface area (TPSA) is 262 Å². The lowest BCUT2D eigenvalue weighted by Gasteiger charge is -2.39. The fourth-order valence-corrected chi connectivity index (χ4v) is 16.3. The average Bonchev–Trinajstić information content (AvgIpc) is 1.61. The lowest BCUT2D eigenvalue weighted by molar-refractivity contribution is -0.156. The quantitative estimate of drug-likeness (QED) is 0.0264. The molecule has 9 atom stereocenters. The van der Waals surface area contributed by atoms with Gasteiger partial charge in [-0.1, -0.05) is 193 Å². The van der Waals surface area contributed by atoms with E-state index in [0.717, 1.165) is 24.2 Å². The van der Waals surface area contributed by atoms with Gasteiger partial charge in [0.1, 0.15) is 37.4 Å². The number of ketones is 2. The molecule has 140 heavy (non-hydrogen) atoms. The average molecular weight is 5960 g/mol. The number of hydrogen-bond donors (Lipinski definition) is 5. The number of nitrogens with zero attached hydrogens (tertiary/aromatic N) is 3. The molecule has 0 spiro atoms. The fourth-order valence-electron chi connectivity index (χ4n) is 14.1. The number of aromatic nitrogens is 3. The third kappa shape index (κ3) is 68.3. The molecule has 61 heteroatoms. The summed E-state index contributed by atoms with van der Waals surface area (Å²) in [4.78, 5) is 100. The molecule has 3 fully saturated rings. The molecular formula is C79H97Cl9I34N6O12-34. The molecule has 850 valence electrons. The van der Waals surface area contributed by atoms with Crippen molar-refractivity contribution in [3.8, 4) is 17.2 Å². The Morgan fingerprint density at radius 1 is 0.329 bits per heavy atom. The van der Waals surface area contributed by atoms with Crippen molar-refractivity contribution in [1.82, 2.24) is 30.9 Å². The van der Waals surface area contributed by atoms with E-state index in [4.69, 9.17) is 119 Å². The van der Waals surface area contributed by atoms with Crippen LogP contribution in [0.2, 0.25) is 45.6 Å². The summed E-state index contributed by atoms with van der Waals surface area (Å²) < 4.78 is 17.2. The van der Waals surface area contributed by atoms with Gasteiger partial charge in [-0.25, -0.2) is 19.7 Å². The number of ether oxygens (including phenoxy) is 3. The first-order chi connectivity index (χ1) is 48.5. The Morgan fingerprint density at radius 2 is 0.529 bits per heavy atom. The minimum atomic E-state index is -1.28. The zero-order chi connectivity index (χ0) is 77.4. The van der Waals surface area contributed by atoms with Gasteiger partial charge >= 0.3 is 11.9 Å². The molecule has 0 aliphatic heterocycles. The molecular weight excluding hydrogens is 5860 g/mol. The van der Waals surface area contributed by atoms with Crippen molar-refractivity contribution in [2.45, 2.75) is 201 Å². The van der Waals surface area contributed by atoms with E-state index < -0.39 is 62.3 Å². The van der Waals surface area contributed by atoms with Gasteiger partial charge in [0.15, 0.2) is 32.7 Å². The highest BCUT2D eigenvalue weighted by atomic mass is 127. The van der Waals surface area contributed by atoms with Gasteiger partial charge in [-0.3, -0.25) is 28.8 Å². The second kappa shape index (κ2) is 115. The standard InChI is InChI=1S/2C26H31Cl3N2O3.C25H27Cl3N2O6.2CH4.34HI/c2*1-15(30-24(33)19-11-12-26(5,16(2)32)25(19,3)4)13-17-9-10-22(23(29)31-17)34-14-18-20(27)7-6-8-21(18)28;1-24(2)15(9-10-25(24,3)23(34)35)21(31)30-18(22(32)33)11-13-7-8-19(20(28)29-13)36-12-14-16(26)5-4-6-17(14)27;;;;;;;;;;;;;;;;;;;;;;;;;;;;;;;;;;;;/h2*6-10,15,19H,11-14H2,1-5H3,(H,30,33);4-8,15,18H,9-12H2,1-3H3,(H,30,31)(H,32,33)(H,34,35);2*1H4;34*1H/p-34/t2*15-,19-,26+;15-,18+,25+;;;;;;;;;;;;;;;;;;;;;;;;;;;;;;;;;;;;/m111..................................../s1. The summed E-state index contributed by atoms with van der Waals surface area (Å²) in [7, 11) is 0. The van der Waals surface area contributed by atoms with Crippen LogP contribution in [0.5, 0.6) is 17.2 Å². The molecule has 3 amide bonds. The zero-order valence-corrected chi connectivity index (χ0v) is 153. The second-order valence-electron chi connectivity index (χ2n) is 29.4. The van der Waals surface area contributed by atoms with Crippen LogP contribution in [0.3, 0.4) is 0 Å². The number of carbonyl (C=O) groups is 7. The molecule has 0 radical (unpaired) electrons. The number of nitrogens with one attached hydrogen (secondary N) is 3. The van der Waals surface area contributed by atoms with E-state index >= 15 is 0 Å². The summed E-state index contributed by atoms with van der Waals surface area (Å²) in [6.45, 7) is 24.6. The van der Waals surface area contributed by atoms with Gasteiger partial charge in [0, 0.05) is 124 Å². The highest BCUT2D eigenvalue weighted by Crippen LogP contribution is 2.59. The molecule has 5 N–H and O–H groups in total. The number of carbonyl (C=O) groups excluding carboxylic acids is 5. The highest BCUT2D eigenvalue weighted by molar-refractivity contribution is 6.37. The minimum Gasteiger partial charge on any atom is -1.00 e. The van der Waals surface area contributed by atoms with Crippen molar-refractivity contribution in [1.29, 1.82) is 0 Å². The lowest BCUT2D eigenvalue weighted by atomic mass is 9.63. The number of benzene rings is 3. The first kappa shape index (κ1) is 238. The number of Topliss-reactive ketones (excluding diaryl/α,β-unsaturated/α-hetero) is 2. The monoisotopic (exact) mass is 5950 g/mol. The zero-order valence-electron chi connectivity index (χ0n) is 73.2. The Kier molecular flexibility index (Phi) is 195. The van der Waals surface area contributed by atoms with Gasteiger partial charge in [-0.15, -0.1) is 0 Å². The van der Waals surface area contributed by atoms with Crippen LogP contribution in [0.4, 0.5) is 0 Å². The number of pyridine rings is 3. The van der Waals surface area contributed by atoms with Crippen LogP contribution in [0.1, 0.15) is 177 Å². The molecule has 3 aliphatic carbocycles. The number of carboxylic acid groups (broad SMARTS) is 2. The van der Waals surface area contributed by atoms with Gasteiger partial charge in [-0.2, -0.15) is 0 Å². The predicted octanol–water partition coefficient (Wildman–Crippen LogP) is -81.9. The molecule has 0 bridgehead atoms. The minimum absolute atomic E-state index is 0. The maximum atomic E-state index is 13.1. The molecule has 6 aromatic rings. The first-order valence-corrected chi connectivity index (χ1v) is 37.4. The van der Waals surface area contributed by atoms with Crippen LogP contribution in [0, 0.1) is 50.2 Å². The molecule has 0 saturated heterocycles. The van der Waals surface area contributed by atoms with Crippen molar-refractivity contribution >= 4 is 146 Å². The van der Waals surface area contributed by atoms with E-state index in [-0.39, 0.29) is 925 Å². The van der Waals surface area contributed by atoms with Gasteiger partial charge in [0.05, 0.1) is 5.41 Å². The molecule has 3 saturated carbocycles. The smallest absolute Gasteiger partial charge is 0.326 e. The van der Waals surface area contributed by atoms with E-state index in [9.17, 15) is 43.8 Å². The van der Waals surface area contributed by atoms with Crippen LogP contribution in [-0.2, 0) is 72.6 Å². The Bertz CT molecular complexity index is 4080. The summed E-state index contributed by atoms with van der Waals surface area (Å²) in [5.41, 5.74) is -0.00293. The van der Waals surface area contributed by atoms with Crippen molar-refractivity contribution in [3.63, 3.8) is 0 Å². The fraction of sp³-hybridized carbons (Fsp3) is 0.494. The van der Waals surface area contributed by atoms with E-state index in [1.165, 1.54) is 0 Å². The van der Waals surface area contributed by atoms with Crippen molar-refractivity contribution in [2.75, 3.05) is 0 Å². The number of hydrogen-bond acceptors (Lipinski definition) is 13. The van der Waals surface area contributed by atoms with Crippen LogP contribution < -0.4 is 845 Å². The molecule has 18 nitrogen and oxygen atoms in total. The predicted molar refractivity (Wildman–Crippen MR) is 422 cm³/mol. The number of amides is 3. The third-order valence-electron chi connectivity index (χ3n) is 22.4. The normalized spacial score (nSPS) is 16.4. The molecule has 3 aliphatic rings. The highest BCUT2D eigenvalue weighted by Gasteiger charge is 2.60. The number of halogens is 43. The SMILES string of the molecule is C.C.CC(=O)[C@]1(C)CC[C@H](C(=O)N[C@H](C)Cc2ccc(OCc3c(Cl)cccc3Cl)c(Cl)n2)C1(C)C.CC(=O)[C@]1(C)CC[C@H](C(=O)N[C@H](C)Cc2ccc(OCc3c(Cl)cccc3Cl)c(Cl)n2)C1(C)C.CC1(C)[C@@H](C(=O)N[C@@H](Cc2ccc(OCc3c(Cl)cccc3Cl)c(Cl)n2)C(=O)O)CC[C@@]1(C)C(=O)O.[I-].[I-].[I-].[I-].[I-].[I-].[I-].[I-].[I-].[I-].[I-].[I-].[I-].[I-].[I-].[I-].[I-].[I-].[I-].[I-].[I-].[I-].[I-].[I-].[I-].[I-].[I-].[I-].[I-].[I-].[I-].[I-].[I-].[I-]. The molecule has 3 aromatic carbocycles. The summed E-state index contributed by atoms with van der Waals surface area (Å²) in [5.74, 6) is -2.46. The summed E-state index contributed by atoms with van der Waals surface area (Å²) in [6.07, 6.45) is 4.42. The van der Waals surface area contributed by atoms with Gasteiger partial charge in [0.2, 0.25) is 17.7 Å². The molecule has 9 rings (SSSR count). The van der Waals surface area contributed by atoms with Gasteiger partial charge < -0.3 is 856 Å². The molecule has 0 unspecified atom stereocenters. The van der Waals surface area contributed by atoms with E-state index in [2.05, 4.69) is 30.9 Å². The van der Waals surface area contributed by atoms with Crippen LogP contribution in [-0.4, -0.2) is 84.5 Å². The first-order valence-electron chi connectivity index (χ1n) is 34.0. The Hall–Kier alpha value is 18.6. The van der Waals surface area contributed by atoms with Crippen molar-refractivity contribution < 1.29 is 873 Å². The van der Waals surface area contributed by atoms with Gasteiger partial charge in [-0.05, 0) is 162 Å². The number of rotatable bonds is 25. The Labute approximate surface area is 1450 Å². The largest absolute Gasteiger partial charge is 1.00 e. The summed E-state index contributed by atoms with van der Waals surface area (Å²) >= 11 is 56.0. The van der Waals surface area contributed by atoms with E-state index in [0.29, 0.717) is 103 Å². The second-order valence-corrected chi connectivity index (χ2v) is 32.9. The van der Waals surface area contributed by atoms with E-state index in [1.54, 1.807) is 113 Å². The van der Waals surface area contributed by atoms with Crippen molar-refractivity contribution in [3.05, 3.63) is 170 Å². The van der Waals surface area contributed by atoms with Crippen LogP contribution in [0.25, 0.3) is 0 Å². The van der Waals surface area contributed by atoms with Crippen LogP contribution >= 0.6 is 104 Å². The third-order valence-corrected chi connectivity index (χ3v) is 25.3. The maximum absolute atomic E-state index is 13.1. The molecule has 3 aromatic heterocycles. The van der Waals surface area contributed by atoms with Crippen LogP contribution in [0.15, 0.2) is 91.0 Å². The summed E-state index contributed by atoms with van der Waals surface area (Å²) in [6, 6.07) is 24.3. The number of carboxylic acids is 2. The summed E-state index contributed by atoms with van der Waals surface area (Å²) in [5, 5.41) is 31.6. The maximum Gasteiger partial charge on any atom is 0.326 e. The molecule has 3 heterocycles. The van der Waals surface area contributed by atoms with E-state index in [1.807, 2.05) is 67.5 Å².